The summed E-state index contributed by atoms with van der Waals surface area (Å²) in [6.07, 6.45) is 6.50. The fourth-order valence-electron chi connectivity index (χ4n) is 3.87. The van der Waals surface area contributed by atoms with E-state index in [1.54, 1.807) is 12.1 Å². The molecule has 152 valence electrons. The fraction of sp³-hybridized carbons (Fsp3) is 0.391. The van der Waals surface area contributed by atoms with Crippen molar-refractivity contribution in [2.24, 2.45) is 0 Å². The minimum absolute atomic E-state index is 0.122. The van der Waals surface area contributed by atoms with Crippen molar-refractivity contribution in [2.75, 3.05) is 12.1 Å². The van der Waals surface area contributed by atoms with Gasteiger partial charge in [-0.15, -0.1) is 0 Å². The summed E-state index contributed by atoms with van der Waals surface area (Å²) in [5, 5.41) is 6.01. The molecule has 29 heavy (non-hydrogen) atoms. The van der Waals surface area contributed by atoms with E-state index in [4.69, 9.17) is 9.47 Å². The molecule has 1 aliphatic heterocycles. The molecule has 6 heteroatoms. The molecule has 1 heterocycles. The number of carbonyl (C=O) groups is 2. The molecule has 0 aromatic heterocycles. The smallest absolute Gasteiger partial charge is 0.253 e. The van der Waals surface area contributed by atoms with Gasteiger partial charge in [0.25, 0.3) is 5.91 Å². The third-order valence-corrected chi connectivity index (χ3v) is 5.46. The van der Waals surface area contributed by atoms with Crippen LogP contribution in [0.5, 0.6) is 11.5 Å². The Morgan fingerprint density at radius 2 is 1.76 bits per heavy atom. The number of anilines is 1. The number of hydrogen-bond donors (Lipinski definition) is 2. The predicted octanol–water partition coefficient (Wildman–Crippen LogP) is 4.05. The van der Waals surface area contributed by atoms with Gasteiger partial charge in [0, 0.05) is 12.5 Å². The Bertz CT molecular complexity index is 890. The monoisotopic (exact) mass is 394 g/mol. The summed E-state index contributed by atoms with van der Waals surface area (Å²) in [6.45, 7) is 0.235. The van der Waals surface area contributed by atoms with Crippen molar-refractivity contribution in [3.63, 3.8) is 0 Å². The topological polar surface area (TPSA) is 76.7 Å². The van der Waals surface area contributed by atoms with Crippen LogP contribution in [0.15, 0.2) is 42.5 Å². The number of nitrogens with one attached hydrogen (secondary N) is 2. The van der Waals surface area contributed by atoms with Crippen molar-refractivity contribution >= 4 is 17.5 Å². The van der Waals surface area contributed by atoms with Crippen LogP contribution in [-0.4, -0.2) is 24.6 Å². The minimum atomic E-state index is -0.124. The molecular weight excluding hydrogens is 368 g/mol. The molecule has 0 spiro atoms. The second-order valence-electron chi connectivity index (χ2n) is 7.59. The van der Waals surface area contributed by atoms with Crippen LogP contribution in [0.4, 0.5) is 5.69 Å². The second kappa shape index (κ2) is 8.99. The van der Waals surface area contributed by atoms with E-state index in [9.17, 15) is 9.59 Å². The SMILES string of the molecule is O=C(CCc1ccc2c(c1)OCO2)Nc1ccccc1C(=O)NC1CCCCC1. The maximum absolute atomic E-state index is 12.7. The van der Waals surface area contributed by atoms with Gasteiger partial charge in [0.1, 0.15) is 0 Å². The molecule has 0 bridgehead atoms. The number of fused-ring (bicyclic) bond motifs is 1. The van der Waals surface area contributed by atoms with Gasteiger partial charge in [0.2, 0.25) is 12.7 Å². The molecule has 2 amide bonds. The molecule has 0 unspecified atom stereocenters. The van der Waals surface area contributed by atoms with E-state index < -0.39 is 0 Å². The first-order valence-corrected chi connectivity index (χ1v) is 10.3. The number of rotatable bonds is 6. The summed E-state index contributed by atoms with van der Waals surface area (Å²) in [6, 6.07) is 13.1. The standard InChI is InChI=1S/C23H26N2O4/c26-22(13-11-16-10-12-20-21(14-16)29-15-28-20)25-19-9-5-4-8-18(19)23(27)24-17-6-2-1-3-7-17/h4-5,8-10,12,14,17H,1-3,6-7,11,13,15H2,(H,24,27)(H,25,26). The van der Waals surface area contributed by atoms with E-state index in [2.05, 4.69) is 10.6 Å². The van der Waals surface area contributed by atoms with Crippen molar-refractivity contribution < 1.29 is 19.1 Å². The van der Waals surface area contributed by atoms with Gasteiger partial charge < -0.3 is 20.1 Å². The van der Waals surface area contributed by atoms with Crippen LogP contribution in [0, 0.1) is 0 Å². The van der Waals surface area contributed by atoms with Gasteiger partial charge in [0.15, 0.2) is 11.5 Å². The van der Waals surface area contributed by atoms with E-state index >= 15 is 0 Å². The molecule has 0 saturated heterocycles. The quantitative estimate of drug-likeness (QED) is 0.775. The van der Waals surface area contributed by atoms with Crippen molar-refractivity contribution in [1.29, 1.82) is 0 Å². The third kappa shape index (κ3) is 4.88. The zero-order valence-corrected chi connectivity index (χ0v) is 16.4. The van der Waals surface area contributed by atoms with E-state index in [0.29, 0.717) is 29.8 Å². The highest BCUT2D eigenvalue weighted by atomic mass is 16.7. The van der Waals surface area contributed by atoms with Gasteiger partial charge in [-0.25, -0.2) is 0 Å². The molecule has 0 radical (unpaired) electrons. The normalized spacial score (nSPS) is 15.7. The number of para-hydroxylation sites is 1. The first kappa shape index (κ1) is 19.3. The summed E-state index contributed by atoms with van der Waals surface area (Å²) in [5.74, 6) is 1.20. The third-order valence-electron chi connectivity index (χ3n) is 5.46. The summed E-state index contributed by atoms with van der Waals surface area (Å²) >= 11 is 0. The van der Waals surface area contributed by atoms with Crippen LogP contribution in [-0.2, 0) is 11.2 Å². The van der Waals surface area contributed by atoms with Crippen molar-refractivity contribution in [2.45, 2.75) is 51.0 Å². The van der Waals surface area contributed by atoms with Gasteiger partial charge in [0.05, 0.1) is 11.3 Å². The van der Waals surface area contributed by atoms with Crippen LogP contribution in [0.3, 0.4) is 0 Å². The molecule has 2 aliphatic rings. The second-order valence-corrected chi connectivity index (χ2v) is 7.59. The Balaban J connectivity index is 1.35. The van der Waals surface area contributed by atoms with Crippen LogP contribution in [0.25, 0.3) is 0 Å². The van der Waals surface area contributed by atoms with Crippen LogP contribution in [0.2, 0.25) is 0 Å². The first-order chi connectivity index (χ1) is 14.2. The van der Waals surface area contributed by atoms with E-state index in [1.807, 2.05) is 30.3 Å². The fourth-order valence-corrected chi connectivity index (χ4v) is 3.87. The lowest BCUT2D eigenvalue weighted by Crippen LogP contribution is -2.36. The Morgan fingerprint density at radius 1 is 0.966 bits per heavy atom. The lowest BCUT2D eigenvalue weighted by atomic mass is 9.95. The summed E-state index contributed by atoms with van der Waals surface area (Å²) in [7, 11) is 0. The zero-order chi connectivity index (χ0) is 20.1. The Labute approximate surface area is 170 Å². The van der Waals surface area contributed by atoms with Gasteiger partial charge >= 0.3 is 0 Å². The van der Waals surface area contributed by atoms with Crippen LogP contribution in [0.1, 0.15) is 54.4 Å². The van der Waals surface area contributed by atoms with Gasteiger partial charge in [-0.1, -0.05) is 37.5 Å². The average molecular weight is 394 g/mol. The number of benzene rings is 2. The Kier molecular flexibility index (Phi) is 5.98. The highest BCUT2D eigenvalue weighted by Crippen LogP contribution is 2.32. The van der Waals surface area contributed by atoms with E-state index in [0.717, 1.165) is 37.0 Å². The number of aryl methyl sites for hydroxylation is 1. The molecule has 0 atom stereocenters. The average Bonchev–Trinajstić information content (AvgIpc) is 3.21. The largest absolute Gasteiger partial charge is 0.454 e. The molecule has 4 rings (SSSR count). The first-order valence-electron chi connectivity index (χ1n) is 10.3. The maximum Gasteiger partial charge on any atom is 0.253 e. The van der Waals surface area contributed by atoms with E-state index in [1.165, 1.54) is 6.42 Å². The molecule has 2 aromatic rings. The molecule has 1 aliphatic carbocycles. The number of hydrogen-bond acceptors (Lipinski definition) is 4. The van der Waals surface area contributed by atoms with Gasteiger partial charge in [-0.2, -0.15) is 0 Å². The lowest BCUT2D eigenvalue weighted by molar-refractivity contribution is -0.116. The van der Waals surface area contributed by atoms with Crippen LogP contribution >= 0.6 is 0 Å². The summed E-state index contributed by atoms with van der Waals surface area (Å²) in [4.78, 5) is 25.2. The Morgan fingerprint density at radius 3 is 2.62 bits per heavy atom. The molecule has 2 aromatic carbocycles. The van der Waals surface area contributed by atoms with Crippen LogP contribution < -0.4 is 20.1 Å². The molecule has 2 N–H and O–H groups in total. The molecule has 1 saturated carbocycles. The van der Waals surface area contributed by atoms with Crippen molar-refractivity contribution in [3.05, 3.63) is 53.6 Å². The van der Waals surface area contributed by atoms with Gasteiger partial charge in [-0.3, -0.25) is 9.59 Å². The predicted molar refractivity (Wildman–Crippen MR) is 110 cm³/mol. The van der Waals surface area contributed by atoms with E-state index in [-0.39, 0.29) is 24.6 Å². The molecule has 6 nitrogen and oxygen atoms in total. The summed E-state index contributed by atoms with van der Waals surface area (Å²) in [5.41, 5.74) is 2.07. The number of ether oxygens (including phenoxy) is 2. The maximum atomic E-state index is 12.7. The van der Waals surface area contributed by atoms with Gasteiger partial charge in [-0.05, 0) is 49.1 Å². The molecule has 1 fully saturated rings. The van der Waals surface area contributed by atoms with Crippen molar-refractivity contribution in [1.82, 2.24) is 5.32 Å². The Hall–Kier alpha value is -3.02. The highest BCUT2D eigenvalue weighted by molar-refractivity contribution is 6.03. The summed E-state index contributed by atoms with van der Waals surface area (Å²) < 4.78 is 10.7. The zero-order valence-electron chi connectivity index (χ0n) is 16.4. The lowest BCUT2D eigenvalue weighted by Gasteiger charge is -2.23. The minimum Gasteiger partial charge on any atom is -0.454 e. The van der Waals surface area contributed by atoms with Crippen molar-refractivity contribution in [3.8, 4) is 11.5 Å². The number of carbonyl (C=O) groups excluding carboxylic acids is 2. The highest BCUT2D eigenvalue weighted by Gasteiger charge is 2.19. The molecular formula is C23H26N2O4. The number of amides is 2.